The number of primary amides is 1. The first-order chi connectivity index (χ1) is 6.59. The van der Waals surface area contributed by atoms with E-state index < -0.39 is 0 Å². The summed E-state index contributed by atoms with van der Waals surface area (Å²) in [5.41, 5.74) is 5.99. The Morgan fingerprint density at radius 3 is 2.93 bits per heavy atom. The fourth-order valence-electron chi connectivity index (χ4n) is 1.04. The summed E-state index contributed by atoms with van der Waals surface area (Å²) in [7, 11) is 0. The van der Waals surface area contributed by atoms with Crippen LogP contribution in [0.4, 0.5) is 0 Å². The molecule has 0 aliphatic heterocycles. The van der Waals surface area contributed by atoms with Gasteiger partial charge in [-0.1, -0.05) is 12.1 Å². The van der Waals surface area contributed by atoms with Crippen LogP contribution >= 0.6 is 0 Å². The van der Waals surface area contributed by atoms with Gasteiger partial charge in [0.2, 0.25) is 5.91 Å². The number of phenolic OH excluding ortho intramolecular Hbond substituents is 1. The molecular formula is C10H14N2O2. The van der Waals surface area contributed by atoms with E-state index in [0.29, 0.717) is 6.54 Å². The number of hydrogen-bond acceptors (Lipinski definition) is 3. The third-order valence-electron chi connectivity index (χ3n) is 1.95. The maximum Gasteiger partial charge on any atom is 0.234 e. The summed E-state index contributed by atoms with van der Waals surface area (Å²) in [4.78, 5) is 10.7. The van der Waals surface area contributed by atoms with Crippen LogP contribution in [0.25, 0.3) is 0 Å². The molecule has 0 saturated carbocycles. The smallest absolute Gasteiger partial charge is 0.234 e. The quantitative estimate of drug-likeness (QED) is 0.647. The van der Waals surface area contributed by atoms with E-state index >= 15 is 0 Å². The summed E-state index contributed by atoms with van der Waals surface area (Å²) < 4.78 is 0. The van der Waals surface area contributed by atoms with Gasteiger partial charge in [0, 0.05) is 6.54 Å². The van der Waals surface area contributed by atoms with Crippen molar-refractivity contribution in [2.24, 2.45) is 5.73 Å². The van der Waals surface area contributed by atoms with E-state index in [2.05, 4.69) is 5.32 Å². The van der Waals surface area contributed by atoms with Crippen LogP contribution in [0.1, 0.15) is 12.5 Å². The fourth-order valence-corrected chi connectivity index (χ4v) is 1.04. The average molecular weight is 194 g/mol. The molecule has 1 aromatic rings. The Kier molecular flexibility index (Phi) is 3.48. The van der Waals surface area contributed by atoms with Crippen LogP contribution in [-0.4, -0.2) is 17.1 Å². The van der Waals surface area contributed by atoms with Crippen molar-refractivity contribution in [3.63, 3.8) is 0 Å². The molecule has 0 spiro atoms. The van der Waals surface area contributed by atoms with Crippen molar-refractivity contribution in [1.82, 2.24) is 5.32 Å². The van der Waals surface area contributed by atoms with E-state index in [1.807, 2.05) is 6.07 Å². The van der Waals surface area contributed by atoms with Gasteiger partial charge in [0.25, 0.3) is 0 Å². The molecule has 76 valence electrons. The summed E-state index contributed by atoms with van der Waals surface area (Å²) >= 11 is 0. The Bertz CT molecular complexity index is 326. The summed E-state index contributed by atoms with van der Waals surface area (Å²) in [6.07, 6.45) is 0. The number of phenols is 1. The maximum atomic E-state index is 10.7. The first-order valence-corrected chi connectivity index (χ1v) is 4.40. The molecule has 4 heteroatoms. The third kappa shape index (κ3) is 3.06. The number of aromatic hydroxyl groups is 1. The Morgan fingerprint density at radius 2 is 2.36 bits per heavy atom. The highest BCUT2D eigenvalue weighted by Crippen LogP contribution is 2.10. The van der Waals surface area contributed by atoms with Crippen molar-refractivity contribution >= 4 is 5.91 Å². The normalized spacial score (nSPS) is 12.4. The largest absolute Gasteiger partial charge is 0.508 e. The fraction of sp³-hybridized carbons (Fsp3) is 0.300. The van der Waals surface area contributed by atoms with Crippen LogP contribution in [0.3, 0.4) is 0 Å². The second-order valence-electron chi connectivity index (χ2n) is 3.17. The van der Waals surface area contributed by atoms with Gasteiger partial charge in [-0.15, -0.1) is 0 Å². The van der Waals surface area contributed by atoms with E-state index in [4.69, 9.17) is 10.8 Å². The lowest BCUT2D eigenvalue weighted by atomic mass is 10.2. The average Bonchev–Trinajstić information content (AvgIpc) is 2.14. The Labute approximate surface area is 82.7 Å². The van der Waals surface area contributed by atoms with Gasteiger partial charge in [-0.2, -0.15) is 0 Å². The van der Waals surface area contributed by atoms with E-state index in [0.717, 1.165) is 5.56 Å². The SMILES string of the molecule is C[C@H](NCc1cccc(O)c1)C(N)=O. The third-order valence-corrected chi connectivity index (χ3v) is 1.95. The van der Waals surface area contributed by atoms with Crippen LogP contribution in [0.15, 0.2) is 24.3 Å². The van der Waals surface area contributed by atoms with Gasteiger partial charge >= 0.3 is 0 Å². The molecule has 0 aliphatic rings. The first kappa shape index (κ1) is 10.5. The van der Waals surface area contributed by atoms with Crippen molar-refractivity contribution in [2.45, 2.75) is 19.5 Å². The lowest BCUT2D eigenvalue weighted by Crippen LogP contribution is -2.38. The molecule has 1 amide bonds. The minimum atomic E-state index is -0.384. The lowest BCUT2D eigenvalue weighted by molar-refractivity contribution is -0.119. The topological polar surface area (TPSA) is 75.3 Å². The standard InChI is InChI=1S/C10H14N2O2/c1-7(10(11)14)12-6-8-3-2-4-9(13)5-8/h2-5,7,12-13H,6H2,1H3,(H2,11,14)/t7-/m0/s1. The van der Waals surface area contributed by atoms with Gasteiger partial charge in [-0.25, -0.2) is 0 Å². The summed E-state index contributed by atoms with van der Waals surface area (Å²) in [6.45, 7) is 2.21. The molecule has 1 rings (SSSR count). The second kappa shape index (κ2) is 4.62. The number of nitrogens with one attached hydrogen (secondary N) is 1. The highest BCUT2D eigenvalue weighted by molar-refractivity contribution is 5.79. The summed E-state index contributed by atoms with van der Waals surface area (Å²) in [6, 6.07) is 6.49. The number of rotatable bonds is 4. The number of benzene rings is 1. The van der Waals surface area contributed by atoms with Crippen LogP contribution < -0.4 is 11.1 Å². The van der Waals surface area contributed by atoms with Crippen molar-refractivity contribution < 1.29 is 9.90 Å². The van der Waals surface area contributed by atoms with Crippen molar-refractivity contribution in [3.8, 4) is 5.75 Å². The predicted octanol–water partition coefficient (Wildman–Crippen LogP) is 0.356. The molecule has 1 aromatic carbocycles. The molecule has 0 fully saturated rings. The van der Waals surface area contributed by atoms with E-state index in [1.165, 1.54) is 0 Å². The van der Waals surface area contributed by atoms with Crippen LogP contribution in [0.5, 0.6) is 5.75 Å². The monoisotopic (exact) mass is 194 g/mol. The number of carbonyl (C=O) groups excluding carboxylic acids is 1. The minimum absolute atomic E-state index is 0.219. The predicted molar refractivity (Wildman–Crippen MR) is 53.6 cm³/mol. The summed E-state index contributed by atoms with van der Waals surface area (Å²) in [5.74, 6) is -0.166. The molecule has 0 heterocycles. The van der Waals surface area contributed by atoms with Gasteiger partial charge in [0.05, 0.1) is 6.04 Å². The van der Waals surface area contributed by atoms with Crippen molar-refractivity contribution in [3.05, 3.63) is 29.8 Å². The molecule has 0 saturated heterocycles. The van der Waals surface area contributed by atoms with E-state index in [1.54, 1.807) is 25.1 Å². The molecule has 0 bridgehead atoms. The highest BCUT2D eigenvalue weighted by Gasteiger charge is 2.06. The molecule has 14 heavy (non-hydrogen) atoms. The van der Waals surface area contributed by atoms with E-state index in [-0.39, 0.29) is 17.7 Å². The van der Waals surface area contributed by atoms with Crippen LogP contribution in [0, 0.1) is 0 Å². The molecule has 4 nitrogen and oxygen atoms in total. The van der Waals surface area contributed by atoms with Gasteiger partial charge in [-0.3, -0.25) is 4.79 Å². The van der Waals surface area contributed by atoms with Crippen molar-refractivity contribution in [2.75, 3.05) is 0 Å². The first-order valence-electron chi connectivity index (χ1n) is 4.40. The molecule has 0 radical (unpaired) electrons. The molecular weight excluding hydrogens is 180 g/mol. The van der Waals surface area contributed by atoms with Gasteiger partial charge in [0.1, 0.15) is 5.75 Å². The Hall–Kier alpha value is -1.55. The zero-order chi connectivity index (χ0) is 10.6. The van der Waals surface area contributed by atoms with Gasteiger partial charge < -0.3 is 16.2 Å². The van der Waals surface area contributed by atoms with Gasteiger partial charge in [-0.05, 0) is 24.6 Å². The number of hydrogen-bond donors (Lipinski definition) is 3. The zero-order valence-corrected chi connectivity index (χ0v) is 8.03. The second-order valence-corrected chi connectivity index (χ2v) is 3.17. The number of amides is 1. The number of carbonyl (C=O) groups is 1. The molecule has 1 atom stereocenters. The maximum absolute atomic E-state index is 10.7. The zero-order valence-electron chi connectivity index (χ0n) is 8.03. The lowest BCUT2D eigenvalue weighted by Gasteiger charge is -2.09. The Morgan fingerprint density at radius 1 is 1.64 bits per heavy atom. The number of nitrogens with two attached hydrogens (primary N) is 1. The minimum Gasteiger partial charge on any atom is -0.508 e. The molecule has 0 aliphatic carbocycles. The van der Waals surface area contributed by atoms with Gasteiger partial charge in [0.15, 0.2) is 0 Å². The van der Waals surface area contributed by atoms with Crippen LogP contribution in [0.2, 0.25) is 0 Å². The van der Waals surface area contributed by atoms with Crippen LogP contribution in [-0.2, 0) is 11.3 Å². The van der Waals surface area contributed by atoms with Crippen molar-refractivity contribution in [1.29, 1.82) is 0 Å². The highest BCUT2D eigenvalue weighted by atomic mass is 16.3. The molecule has 4 N–H and O–H groups in total. The molecule has 0 aromatic heterocycles. The molecule has 0 unspecified atom stereocenters. The summed E-state index contributed by atoms with van der Waals surface area (Å²) in [5, 5.41) is 12.1. The Balaban J connectivity index is 2.49. The van der Waals surface area contributed by atoms with E-state index in [9.17, 15) is 4.79 Å².